The molecule has 26 heavy (non-hydrogen) atoms. The van der Waals surface area contributed by atoms with E-state index in [1.54, 1.807) is 17.7 Å². The first kappa shape index (κ1) is 16.1. The van der Waals surface area contributed by atoms with Gasteiger partial charge in [-0.1, -0.05) is 24.8 Å². The molecule has 0 aliphatic carbocycles. The fourth-order valence-corrected chi connectivity index (χ4v) is 3.42. The number of nitrogens with two attached hydrogens (primary N) is 1. The number of rotatable bonds is 2. The van der Waals surface area contributed by atoms with Crippen molar-refractivity contribution in [3.63, 3.8) is 0 Å². The molecule has 3 aromatic rings. The second-order valence-electron chi connectivity index (χ2n) is 6.57. The largest absolute Gasteiger partial charge is 0.398 e. The third kappa shape index (κ3) is 2.23. The number of carbonyl (C=O) groups excluding carboxylic acids is 2. The Morgan fingerprint density at radius 2 is 2.04 bits per heavy atom. The molecule has 0 saturated heterocycles. The summed E-state index contributed by atoms with van der Waals surface area (Å²) in [5.41, 5.74) is 10.8. The van der Waals surface area contributed by atoms with Gasteiger partial charge in [-0.3, -0.25) is 19.2 Å². The van der Waals surface area contributed by atoms with Crippen LogP contribution < -0.4 is 5.73 Å². The van der Waals surface area contributed by atoms with E-state index in [4.69, 9.17) is 5.73 Å². The molecule has 2 amide bonds. The van der Waals surface area contributed by atoms with Crippen molar-refractivity contribution in [3.05, 3.63) is 59.8 Å². The van der Waals surface area contributed by atoms with Crippen LogP contribution >= 0.6 is 0 Å². The molecule has 2 N–H and O–H groups in total. The maximum Gasteiger partial charge on any atom is 0.263 e. The summed E-state index contributed by atoms with van der Waals surface area (Å²) in [4.78, 5) is 26.3. The van der Waals surface area contributed by atoms with Crippen molar-refractivity contribution in [2.24, 2.45) is 7.05 Å². The molecule has 130 valence electrons. The standard InChI is InChI=1S/C20H18N4O2/c1-11(2)19(25)24-10-15-14(6-7-16(21)18(15)20(24)26)12-4-5-13-9-22-23(3)17(13)8-12/h4-9H,1,10,21H2,2-3H3. The summed E-state index contributed by atoms with van der Waals surface area (Å²) in [5, 5.41) is 5.30. The summed E-state index contributed by atoms with van der Waals surface area (Å²) in [6.07, 6.45) is 1.81. The molecular weight excluding hydrogens is 328 g/mol. The van der Waals surface area contributed by atoms with Crippen LogP contribution in [0.5, 0.6) is 0 Å². The minimum Gasteiger partial charge on any atom is -0.398 e. The second-order valence-corrected chi connectivity index (χ2v) is 6.57. The van der Waals surface area contributed by atoms with Gasteiger partial charge in [-0.05, 0) is 35.7 Å². The molecular formula is C20H18N4O2. The lowest BCUT2D eigenvalue weighted by Gasteiger charge is -2.13. The maximum absolute atomic E-state index is 12.7. The van der Waals surface area contributed by atoms with E-state index in [-0.39, 0.29) is 18.4 Å². The van der Waals surface area contributed by atoms with Crippen LogP contribution in [0.2, 0.25) is 0 Å². The predicted molar refractivity (Wildman–Crippen MR) is 100 cm³/mol. The van der Waals surface area contributed by atoms with Crippen LogP contribution in [0.1, 0.15) is 22.8 Å². The summed E-state index contributed by atoms with van der Waals surface area (Å²) in [7, 11) is 1.89. The molecule has 0 unspecified atom stereocenters. The molecule has 0 atom stereocenters. The van der Waals surface area contributed by atoms with E-state index in [2.05, 4.69) is 11.7 Å². The number of nitrogens with zero attached hydrogens (tertiary/aromatic N) is 3. The number of amides is 2. The zero-order chi connectivity index (χ0) is 18.6. The van der Waals surface area contributed by atoms with Gasteiger partial charge in [0, 0.05) is 23.7 Å². The van der Waals surface area contributed by atoms with Crippen molar-refractivity contribution in [1.29, 1.82) is 0 Å². The summed E-state index contributed by atoms with van der Waals surface area (Å²) in [6.45, 7) is 5.45. The first-order valence-electron chi connectivity index (χ1n) is 8.23. The number of aromatic nitrogens is 2. The lowest BCUT2D eigenvalue weighted by Crippen LogP contribution is -2.31. The molecule has 0 fully saturated rings. The molecule has 6 heteroatoms. The highest BCUT2D eigenvalue weighted by molar-refractivity contribution is 6.15. The molecule has 1 aromatic heterocycles. The predicted octanol–water partition coefficient (Wildman–Crippen LogP) is 2.88. The first-order chi connectivity index (χ1) is 12.4. The Balaban J connectivity index is 1.88. The Hall–Kier alpha value is -3.41. The number of hydrogen-bond acceptors (Lipinski definition) is 4. The van der Waals surface area contributed by atoms with Gasteiger partial charge in [0.05, 0.1) is 23.8 Å². The van der Waals surface area contributed by atoms with Crippen molar-refractivity contribution in [2.75, 3.05) is 5.73 Å². The molecule has 2 heterocycles. The van der Waals surface area contributed by atoms with Crippen molar-refractivity contribution in [1.82, 2.24) is 14.7 Å². The van der Waals surface area contributed by atoms with Gasteiger partial charge in [-0.25, -0.2) is 0 Å². The highest BCUT2D eigenvalue weighted by atomic mass is 16.2. The van der Waals surface area contributed by atoms with Gasteiger partial charge in [0.25, 0.3) is 11.8 Å². The Morgan fingerprint density at radius 1 is 1.27 bits per heavy atom. The van der Waals surface area contributed by atoms with Crippen LogP contribution in [0.25, 0.3) is 22.0 Å². The number of fused-ring (bicyclic) bond motifs is 2. The van der Waals surface area contributed by atoms with E-state index in [9.17, 15) is 9.59 Å². The molecule has 6 nitrogen and oxygen atoms in total. The highest BCUT2D eigenvalue weighted by Crippen LogP contribution is 2.37. The third-order valence-electron chi connectivity index (χ3n) is 4.79. The number of imide groups is 1. The minimum atomic E-state index is -0.376. The van der Waals surface area contributed by atoms with Crippen molar-refractivity contribution < 1.29 is 9.59 Å². The second kappa shape index (κ2) is 5.56. The zero-order valence-corrected chi connectivity index (χ0v) is 14.6. The summed E-state index contributed by atoms with van der Waals surface area (Å²) in [6, 6.07) is 9.63. The van der Waals surface area contributed by atoms with Gasteiger partial charge in [-0.15, -0.1) is 0 Å². The van der Waals surface area contributed by atoms with Crippen LogP contribution in [0.3, 0.4) is 0 Å². The molecule has 1 aliphatic heterocycles. The Labute approximate surface area is 150 Å². The molecule has 1 aliphatic rings. The lowest BCUT2D eigenvalue weighted by molar-refractivity contribution is -0.124. The Kier molecular flexibility index (Phi) is 3.44. The Bertz CT molecular complexity index is 1110. The summed E-state index contributed by atoms with van der Waals surface area (Å²) >= 11 is 0. The number of benzene rings is 2. The van der Waals surface area contributed by atoms with Crippen LogP contribution in [-0.2, 0) is 18.4 Å². The monoisotopic (exact) mass is 346 g/mol. The smallest absolute Gasteiger partial charge is 0.263 e. The van der Waals surface area contributed by atoms with E-state index in [0.717, 1.165) is 27.6 Å². The number of nitrogen functional groups attached to an aromatic ring is 1. The quantitative estimate of drug-likeness (QED) is 0.571. The number of aryl methyl sites for hydroxylation is 1. The van der Waals surface area contributed by atoms with Crippen LogP contribution in [0.15, 0.2) is 48.7 Å². The van der Waals surface area contributed by atoms with Gasteiger partial charge >= 0.3 is 0 Å². The van der Waals surface area contributed by atoms with Crippen LogP contribution in [-0.4, -0.2) is 26.5 Å². The molecule has 0 bridgehead atoms. The number of carbonyl (C=O) groups is 2. The fourth-order valence-electron chi connectivity index (χ4n) is 3.42. The van der Waals surface area contributed by atoms with Crippen molar-refractivity contribution >= 4 is 28.4 Å². The van der Waals surface area contributed by atoms with Gasteiger partial charge in [-0.2, -0.15) is 5.10 Å². The first-order valence-corrected chi connectivity index (χ1v) is 8.23. The van der Waals surface area contributed by atoms with E-state index in [1.807, 2.05) is 37.5 Å². The van der Waals surface area contributed by atoms with Crippen molar-refractivity contribution in [3.8, 4) is 11.1 Å². The summed E-state index contributed by atoms with van der Waals surface area (Å²) in [5.74, 6) is -0.743. The topological polar surface area (TPSA) is 81.2 Å². The molecule has 2 aromatic carbocycles. The molecule has 4 rings (SSSR count). The van der Waals surface area contributed by atoms with E-state index in [1.165, 1.54) is 4.90 Å². The average molecular weight is 346 g/mol. The molecule has 0 saturated carbocycles. The van der Waals surface area contributed by atoms with E-state index < -0.39 is 0 Å². The maximum atomic E-state index is 12.7. The van der Waals surface area contributed by atoms with Gasteiger partial charge in [0.2, 0.25) is 0 Å². The van der Waals surface area contributed by atoms with E-state index in [0.29, 0.717) is 16.8 Å². The molecule has 0 radical (unpaired) electrons. The minimum absolute atomic E-state index is 0.198. The van der Waals surface area contributed by atoms with Crippen LogP contribution in [0.4, 0.5) is 5.69 Å². The normalized spacial score (nSPS) is 13.3. The summed E-state index contributed by atoms with van der Waals surface area (Å²) < 4.78 is 1.80. The fraction of sp³-hybridized carbons (Fsp3) is 0.150. The van der Waals surface area contributed by atoms with Gasteiger partial charge in [0.1, 0.15) is 0 Å². The van der Waals surface area contributed by atoms with Gasteiger partial charge < -0.3 is 5.73 Å². The number of hydrogen-bond donors (Lipinski definition) is 1. The highest BCUT2D eigenvalue weighted by Gasteiger charge is 2.35. The third-order valence-corrected chi connectivity index (χ3v) is 4.79. The Morgan fingerprint density at radius 3 is 2.77 bits per heavy atom. The van der Waals surface area contributed by atoms with E-state index >= 15 is 0 Å². The van der Waals surface area contributed by atoms with Crippen LogP contribution in [0, 0.1) is 0 Å². The van der Waals surface area contributed by atoms with Crippen molar-refractivity contribution in [2.45, 2.75) is 13.5 Å². The van der Waals surface area contributed by atoms with Gasteiger partial charge in [0.15, 0.2) is 0 Å². The number of anilines is 1. The lowest BCUT2D eigenvalue weighted by atomic mass is 9.95. The SMILES string of the molecule is C=C(C)C(=O)N1Cc2c(-c3ccc4cnn(C)c4c3)ccc(N)c2C1=O. The zero-order valence-electron chi connectivity index (χ0n) is 14.6. The molecule has 0 spiro atoms. The average Bonchev–Trinajstić information content (AvgIpc) is 3.16.